The van der Waals surface area contributed by atoms with E-state index in [2.05, 4.69) is 4.98 Å². The minimum Gasteiger partial charge on any atom is -0.465 e. The second-order valence-electron chi connectivity index (χ2n) is 4.73. The van der Waals surface area contributed by atoms with Gasteiger partial charge in [0.2, 0.25) is 0 Å². The molecule has 0 saturated heterocycles. The first-order valence-corrected chi connectivity index (χ1v) is 6.81. The predicted molar refractivity (Wildman–Crippen MR) is 81.7 cm³/mol. The van der Waals surface area contributed by atoms with Crippen LogP contribution < -0.4 is 0 Å². The van der Waals surface area contributed by atoms with Crippen LogP contribution in [0.2, 0.25) is 5.15 Å². The number of carbonyl (C=O) groups excluding carboxylic acids is 1. The first-order chi connectivity index (χ1) is 10.1. The molecule has 106 valence electrons. The number of halogens is 1. The zero-order chi connectivity index (χ0) is 15.0. The highest BCUT2D eigenvalue weighted by Crippen LogP contribution is 2.28. The summed E-state index contributed by atoms with van der Waals surface area (Å²) in [5.41, 5.74) is 3.03. The monoisotopic (exact) mass is 300 g/mol. The number of carbonyl (C=O) groups is 1. The molecule has 0 atom stereocenters. The lowest BCUT2D eigenvalue weighted by Crippen LogP contribution is -2.03. The highest BCUT2D eigenvalue weighted by Gasteiger charge is 2.18. The predicted octanol–water partition coefficient (Wildman–Crippen LogP) is 3.75. The van der Waals surface area contributed by atoms with Crippen molar-refractivity contribution in [3.8, 4) is 11.4 Å². The first kappa shape index (κ1) is 13.6. The van der Waals surface area contributed by atoms with Crippen LogP contribution in [0.4, 0.5) is 0 Å². The molecular formula is C16H13ClN2O2. The standard InChI is InChI=1S/C16H13ClN2O2/c1-10-5-3-6-11(9-10)15-18-14(17)13-12(16(20)21-2)7-4-8-19(13)15/h3-9H,1-2H3. The van der Waals surface area contributed by atoms with Gasteiger partial charge in [0.1, 0.15) is 5.82 Å². The first-order valence-electron chi connectivity index (χ1n) is 6.43. The summed E-state index contributed by atoms with van der Waals surface area (Å²) in [7, 11) is 1.34. The average molecular weight is 301 g/mol. The largest absolute Gasteiger partial charge is 0.465 e. The van der Waals surface area contributed by atoms with E-state index in [9.17, 15) is 4.79 Å². The van der Waals surface area contributed by atoms with Gasteiger partial charge in [-0.25, -0.2) is 9.78 Å². The van der Waals surface area contributed by atoms with Gasteiger partial charge in [-0.3, -0.25) is 4.40 Å². The molecule has 0 radical (unpaired) electrons. The lowest BCUT2D eigenvalue weighted by atomic mass is 10.1. The molecular weight excluding hydrogens is 288 g/mol. The van der Waals surface area contributed by atoms with Gasteiger partial charge < -0.3 is 4.74 Å². The summed E-state index contributed by atoms with van der Waals surface area (Å²) in [5, 5.41) is 0.285. The second-order valence-corrected chi connectivity index (χ2v) is 5.09. The van der Waals surface area contributed by atoms with Crippen molar-refractivity contribution in [1.82, 2.24) is 9.38 Å². The van der Waals surface area contributed by atoms with E-state index in [0.29, 0.717) is 16.9 Å². The summed E-state index contributed by atoms with van der Waals surface area (Å²) in [6.07, 6.45) is 1.83. The van der Waals surface area contributed by atoms with E-state index in [1.54, 1.807) is 12.1 Å². The number of benzene rings is 1. The third-order valence-corrected chi connectivity index (χ3v) is 3.57. The van der Waals surface area contributed by atoms with E-state index in [4.69, 9.17) is 16.3 Å². The maximum absolute atomic E-state index is 11.9. The molecule has 5 heteroatoms. The zero-order valence-electron chi connectivity index (χ0n) is 11.6. The van der Waals surface area contributed by atoms with Crippen LogP contribution in [0.25, 0.3) is 16.9 Å². The van der Waals surface area contributed by atoms with Crippen molar-refractivity contribution in [2.24, 2.45) is 0 Å². The Hall–Kier alpha value is -2.33. The van der Waals surface area contributed by atoms with Crippen molar-refractivity contribution in [2.45, 2.75) is 6.92 Å². The van der Waals surface area contributed by atoms with Crippen LogP contribution >= 0.6 is 11.6 Å². The van der Waals surface area contributed by atoms with Crippen LogP contribution in [0.1, 0.15) is 15.9 Å². The van der Waals surface area contributed by atoms with E-state index in [0.717, 1.165) is 11.1 Å². The van der Waals surface area contributed by atoms with Gasteiger partial charge in [-0.15, -0.1) is 0 Å². The summed E-state index contributed by atoms with van der Waals surface area (Å²) in [4.78, 5) is 16.3. The zero-order valence-corrected chi connectivity index (χ0v) is 12.4. The van der Waals surface area contributed by atoms with Crippen LogP contribution in [0.15, 0.2) is 42.6 Å². The molecule has 0 aliphatic rings. The van der Waals surface area contributed by atoms with Gasteiger partial charge in [0.05, 0.1) is 18.2 Å². The number of pyridine rings is 1. The van der Waals surface area contributed by atoms with Crippen molar-refractivity contribution in [2.75, 3.05) is 7.11 Å². The van der Waals surface area contributed by atoms with Gasteiger partial charge in [0.15, 0.2) is 5.15 Å². The number of imidazole rings is 1. The molecule has 0 bridgehead atoms. The second kappa shape index (κ2) is 5.22. The molecule has 2 heterocycles. The van der Waals surface area contributed by atoms with E-state index >= 15 is 0 Å². The normalized spacial score (nSPS) is 10.8. The number of ether oxygens (including phenoxy) is 1. The Morgan fingerprint density at radius 2 is 2.10 bits per heavy atom. The molecule has 4 nitrogen and oxygen atoms in total. The number of fused-ring (bicyclic) bond motifs is 1. The fourth-order valence-corrected chi connectivity index (χ4v) is 2.63. The van der Waals surface area contributed by atoms with Crippen LogP contribution in [0.5, 0.6) is 0 Å². The smallest absolute Gasteiger partial charge is 0.340 e. The number of aryl methyl sites for hydroxylation is 1. The highest BCUT2D eigenvalue weighted by molar-refractivity contribution is 6.33. The quantitative estimate of drug-likeness (QED) is 0.677. The molecule has 0 N–H and O–H groups in total. The van der Waals surface area contributed by atoms with Crippen molar-refractivity contribution < 1.29 is 9.53 Å². The summed E-state index contributed by atoms with van der Waals surface area (Å²) in [5.74, 6) is 0.266. The molecule has 0 unspecified atom stereocenters. The van der Waals surface area contributed by atoms with Crippen LogP contribution in [0.3, 0.4) is 0 Å². The van der Waals surface area contributed by atoms with Gasteiger partial charge in [0.25, 0.3) is 0 Å². The Labute approximate surface area is 126 Å². The molecule has 0 spiro atoms. The number of hydrogen-bond acceptors (Lipinski definition) is 3. The van der Waals surface area contributed by atoms with Crippen molar-refractivity contribution >= 4 is 23.1 Å². The molecule has 0 aliphatic heterocycles. The van der Waals surface area contributed by atoms with Gasteiger partial charge in [-0.1, -0.05) is 35.4 Å². The molecule has 0 aliphatic carbocycles. The van der Waals surface area contributed by atoms with Gasteiger partial charge in [-0.2, -0.15) is 0 Å². The van der Waals surface area contributed by atoms with Gasteiger partial charge in [-0.05, 0) is 25.1 Å². The Balaban J connectivity index is 2.30. The Bertz CT molecular complexity index is 839. The molecule has 1 aromatic carbocycles. The van der Waals surface area contributed by atoms with Crippen LogP contribution in [-0.2, 0) is 4.74 Å². The minimum absolute atomic E-state index is 0.285. The molecule has 21 heavy (non-hydrogen) atoms. The number of nitrogens with zero attached hydrogens (tertiary/aromatic N) is 2. The molecule has 2 aromatic heterocycles. The Kier molecular flexibility index (Phi) is 3.39. The summed E-state index contributed by atoms with van der Waals surface area (Å²) in [6, 6.07) is 11.4. The lowest BCUT2D eigenvalue weighted by Gasteiger charge is -2.05. The van der Waals surface area contributed by atoms with E-state index in [1.807, 2.05) is 41.8 Å². The lowest BCUT2D eigenvalue weighted by molar-refractivity contribution is 0.0602. The molecule has 3 aromatic rings. The SMILES string of the molecule is COC(=O)c1cccn2c(-c3cccc(C)c3)nc(Cl)c12. The number of aromatic nitrogens is 2. The van der Waals surface area contributed by atoms with Crippen LogP contribution in [-0.4, -0.2) is 22.5 Å². The number of methoxy groups -OCH3 is 1. The topological polar surface area (TPSA) is 43.6 Å². The van der Waals surface area contributed by atoms with Crippen LogP contribution in [0, 0.1) is 6.92 Å². The van der Waals surface area contributed by atoms with E-state index in [-0.39, 0.29) is 5.15 Å². The highest BCUT2D eigenvalue weighted by atomic mass is 35.5. The molecule has 0 saturated carbocycles. The van der Waals surface area contributed by atoms with Gasteiger partial charge >= 0.3 is 5.97 Å². The fourth-order valence-electron chi connectivity index (χ4n) is 2.36. The molecule has 0 amide bonds. The Morgan fingerprint density at radius 1 is 1.29 bits per heavy atom. The summed E-state index contributed by atoms with van der Waals surface area (Å²) < 4.78 is 6.60. The minimum atomic E-state index is -0.432. The summed E-state index contributed by atoms with van der Waals surface area (Å²) in [6.45, 7) is 2.01. The summed E-state index contributed by atoms with van der Waals surface area (Å²) >= 11 is 6.23. The maximum atomic E-state index is 11.9. The number of rotatable bonds is 2. The average Bonchev–Trinajstić information content (AvgIpc) is 2.84. The van der Waals surface area contributed by atoms with Crippen molar-refractivity contribution in [3.63, 3.8) is 0 Å². The third-order valence-electron chi connectivity index (χ3n) is 3.30. The molecule has 3 rings (SSSR count). The van der Waals surface area contributed by atoms with Crippen molar-refractivity contribution in [1.29, 1.82) is 0 Å². The number of hydrogen-bond donors (Lipinski definition) is 0. The van der Waals surface area contributed by atoms with Gasteiger partial charge in [0, 0.05) is 11.8 Å². The number of esters is 1. The maximum Gasteiger partial charge on any atom is 0.340 e. The van der Waals surface area contributed by atoms with Crippen molar-refractivity contribution in [3.05, 3.63) is 58.9 Å². The third kappa shape index (κ3) is 2.28. The molecule has 0 fully saturated rings. The van der Waals surface area contributed by atoms with E-state index < -0.39 is 5.97 Å². The fraction of sp³-hybridized carbons (Fsp3) is 0.125. The Morgan fingerprint density at radius 3 is 2.81 bits per heavy atom. The van der Waals surface area contributed by atoms with E-state index in [1.165, 1.54) is 7.11 Å².